The van der Waals surface area contributed by atoms with E-state index in [4.69, 9.17) is 8.83 Å². The predicted molar refractivity (Wildman–Crippen MR) is 346 cm³/mol. The molecule has 0 fully saturated rings. The Labute approximate surface area is 483 Å². The summed E-state index contributed by atoms with van der Waals surface area (Å²) in [5.74, 6) is 0. The van der Waals surface area contributed by atoms with Gasteiger partial charge in [-0.1, -0.05) is 173 Å². The average molecular weight is 1070 g/mol. The minimum atomic E-state index is -0.317. The van der Waals surface area contributed by atoms with Crippen molar-refractivity contribution in [2.45, 2.75) is 206 Å². The number of fused-ring (bicyclic) bond motifs is 12. The van der Waals surface area contributed by atoms with Gasteiger partial charge in [-0.2, -0.15) is 0 Å². The van der Waals surface area contributed by atoms with Gasteiger partial charge in [0.15, 0.2) is 0 Å². The first-order valence-corrected chi connectivity index (χ1v) is 30.6. The van der Waals surface area contributed by atoms with Crippen LogP contribution in [0.15, 0.2) is 124 Å². The summed E-state index contributed by atoms with van der Waals surface area (Å²) in [5.41, 5.74) is 26.9. The van der Waals surface area contributed by atoms with Crippen molar-refractivity contribution in [2.24, 2.45) is 0 Å². The average Bonchev–Trinajstić information content (AvgIpc) is 2.39. The van der Waals surface area contributed by atoms with E-state index in [2.05, 4.69) is 250 Å². The lowest BCUT2D eigenvalue weighted by Crippen LogP contribution is -2.61. The molecule has 7 aromatic carbocycles. The van der Waals surface area contributed by atoms with E-state index in [1.54, 1.807) is 0 Å². The maximum atomic E-state index is 7.94. The van der Waals surface area contributed by atoms with Crippen LogP contribution in [-0.4, -0.2) is 6.85 Å². The lowest BCUT2D eigenvalue weighted by molar-refractivity contribution is 0.332. The van der Waals surface area contributed by atoms with E-state index >= 15 is 0 Å². The Morgan fingerprint density at radius 2 is 0.889 bits per heavy atom. The van der Waals surface area contributed by atoms with Crippen molar-refractivity contribution in [3.05, 3.63) is 160 Å². The topological polar surface area (TPSA) is 32.8 Å². The first kappa shape index (κ1) is 52.6. The highest BCUT2D eigenvalue weighted by Gasteiger charge is 2.51. The number of hydrogen-bond donors (Lipinski definition) is 0. The summed E-state index contributed by atoms with van der Waals surface area (Å²) >= 11 is 0. The number of anilines is 5. The molecule has 5 heteroatoms. The van der Waals surface area contributed by atoms with E-state index in [9.17, 15) is 0 Å². The van der Waals surface area contributed by atoms with Gasteiger partial charge in [-0.05, 0) is 210 Å². The molecule has 0 N–H and O–H groups in total. The van der Waals surface area contributed by atoms with Gasteiger partial charge in [0.2, 0.25) is 0 Å². The molecule has 2 aliphatic heterocycles. The molecule has 0 saturated heterocycles. The maximum absolute atomic E-state index is 7.94. The molecule has 9 aromatic rings. The Bertz CT molecular complexity index is 4160. The molecular weight excluding hydrogens is 984 g/mol. The van der Waals surface area contributed by atoms with Gasteiger partial charge in [0, 0.05) is 44.3 Å². The zero-order valence-electron chi connectivity index (χ0n) is 52.0. The molecule has 4 nitrogen and oxygen atoms in total. The Hall–Kier alpha value is -6.46. The molecule has 4 heterocycles. The van der Waals surface area contributed by atoms with Crippen molar-refractivity contribution in [2.75, 3.05) is 9.71 Å². The van der Waals surface area contributed by atoms with Gasteiger partial charge in [-0.25, -0.2) is 0 Å². The standard InChI is InChI=1S/C76H85BN2O2/c1-69(2,3)45-24-27-60(48(34-45)44-22-20-19-21-23-44)78-62-36-46(70(4,5)6)35-52-49-41-63-51(50-38-56-58(42-64(50)80-63)75(15,16)32-30-73(56,11)12)40-61(49)79(47-25-26-54-55(37-47)72(9,10)29-28-71(54,7)8)77(66(52)62)68-67(78)53-39-57-59(43-65(53)81-68)76(17,18)33-31-74(57,13)14/h19-27,34-43H,28-33H2,1-18H3. The van der Waals surface area contributed by atoms with Crippen LogP contribution in [0, 0.1) is 0 Å². The monoisotopic (exact) mass is 1070 g/mol. The highest BCUT2D eigenvalue weighted by molar-refractivity contribution is 6.93. The first-order valence-electron chi connectivity index (χ1n) is 30.6. The van der Waals surface area contributed by atoms with Gasteiger partial charge in [0.1, 0.15) is 22.4 Å². The van der Waals surface area contributed by atoms with E-state index in [1.807, 2.05) is 0 Å². The second kappa shape index (κ2) is 16.6. The molecule has 0 atom stereocenters. The first-order chi connectivity index (χ1) is 37.8. The van der Waals surface area contributed by atoms with Crippen molar-refractivity contribution in [1.82, 2.24) is 0 Å². The summed E-state index contributed by atoms with van der Waals surface area (Å²) in [4.78, 5) is 5.37. The third-order valence-electron chi connectivity index (χ3n) is 21.3. The highest BCUT2D eigenvalue weighted by atomic mass is 16.3. The fraction of sp³-hybridized carbons (Fsp3) is 0.421. The molecule has 0 spiro atoms. The lowest BCUT2D eigenvalue weighted by atomic mass is 9.45. The van der Waals surface area contributed by atoms with E-state index in [0.29, 0.717) is 0 Å². The van der Waals surface area contributed by atoms with Gasteiger partial charge in [-0.3, -0.25) is 0 Å². The van der Waals surface area contributed by atoms with E-state index < -0.39 is 0 Å². The van der Waals surface area contributed by atoms with Gasteiger partial charge in [-0.15, -0.1) is 0 Å². The Balaban J connectivity index is 1.16. The number of furan rings is 2. The normalized spacial score (nSPS) is 19.7. The summed E-state index contributed by atoms with van der Waals surface area (Å²) in [6.45, 7) is 43.2. The van der Waals surface area contributed by atoms with Gasteiger partial charge in [0.05, 0.1) is 11.4 Å². The van der Waals surface area contributed by atoms with Crippen LogP contribution in [0.5, 0.6) is 0 Å². The summed E-state index contributed by atoms with van der Waals surface area (Å²) < 4.78 is 15.2. The van der Waals surface area contributed by atoms with Crippen LogP contribution >= 0.6 is 0 Å². The van der Waals surface area contributed by atoms with Crippen molar-refractivity contribution >= 4 is 79.3 Å². The Morgan fingerprint density at radius 3 is 1.47 bits per heavy atom. The molecule has 14 rings (SSSR count). The molecule has 2 aromatic heterocycles. The Morgan fingerprint density at radius 1 is 0.395 bits per heavy atom. The molecule has 81 heavy (non-hydrogen) atoms. The molecule has 0 bridgehead atoms. The van der Waals surface area contributed by atoms with Crippen LogP contribution < -0.4 is 20.8 Å². The van der Waals surface area contributed by atoms with Crippen LogP contribution in [0.4, 0.5) is 28.4 Å². The summed E-state index contributed by atoms with van der Waals surface area (Å²) in [5, 5.41) is 3.53. The van der Waals surface area contributed by atoms with Crippen LogP contribution in [0.2, 0.25) is 0 Å². The molecule has 3 aliphatic carbocycles. The van der Waals surface area contributed by atoms with Crippen LogP contribution in [0.25, 0.3) is 55.2 Å². The number of hydrogen-bond acceptors (Lipinski definition) is 4. The molecule has 0 radical (unpaired) electrons. The second-order valence-corrected chi connectivity index (χ2v) is 31.8. The molecule has 414 valence electrons. The third-order valence-corrected chi connectivity index (χ3v) is 21.3. The lowest BCUT2D eigenvalue weighted by Gasteiger charge is -2.46. The summed E-state index contributed by atoms with van der Waals surface area (Å²) in [6.07, 6.45) is 6.86. The smallest absolute Gasteiger partial charge is 0.375 e. The molecule has 0 amide bonds. The maximum Gasteiger partial charge on any atom is 0.375 e. The molecule has 0 saturated carbocycles. The van der Waals surface area contributed by atoms with Crippen LogP contribution in [0.1, 0.15) is 208 Å². The van der Waals surface area contributed by atoms with Crippen LogP contribution in [-0.2, 0) is 43.3 Å². The number of nitrogens with zero attached hydrogens (tertiary/aromatic N) is 2. The number of rotatable bonds is 3. The quantitative estimate of drug-likeness (QED) is 0.165. The third kappa shape index (κ3) is 7.74. The summed E-state index contributed by atoms with van der Waals surface area (Å²) in [7, 11) is 0. The van der Waals surface area contributed by atoms with Gasteiger partial charge in [0.25, 0.3) is 0 Å². The molecular formula is C76H85BN2O2. The van der Waals surface area contributed by atoms with Gasteiger partial charge >= 0.3 is 6.85 Å². The van der Waals surface area contributed by atoms with Crippen molar-refractivity contribution in [3.8, 4) is 22.3 Å². The van der Waals surface area contributed by atoms with Crippen molar-refractivity contribution in [1.29, 1.82) is 0 Å². The largest absolute Gasteiger partial charge is 0.466 e. The number of benzene rings is 7. The van der Waals surface area contributed by atoms with E-state index in [0.717, 1.165) is 77.7 Å². The zero-order valence-corrected chi connectivity index (χ0v) is 52.0. The minimum Gasteiger partial charge on any atom is -0.466 e. The molecule has 5 aliphatic rings. The highest BCUT2D eigenvalue weighted by Crippen LogP contribution is 2.57. The fourth-order valence-corrected chi connectivity index (χ4v) is 15.6. The molecule has 0 unspecified atom stereocenters. The fourth-order valence-electron chi connectivity index (χ4n) is 15.6. The summed E-state index contributed by atoms with van der Waals surface area (Å²) in [6, 6.07) is 45.9. The Kier molecular flexibility index (Phi) is 10.8. The SMILES string of the molecule is CC(C)(C)c1ccc(N2c3cc(C(C)(C)C)cc4c3B(c3oc5cc6c(cc5c32)C(C)(C)CCC6(C)C)N(c2ccc3c(c2)C(C)(C)CCC3(C)C)c2cc3c(cc2-4)oc2cc4c(cc23)C(C)(C)CCC4(C)C)c(-c2ccccc2)c1. The minimum absolute atomic E-state index is 0.00445. The van der Waals surface area contributed by atoms with Crippen molar-refractivity contribution < 1.29 is 8.83 Å². The second-order valence-electron chi connectivity index (χ2n) is 31.8. The van der Waals surface area contributed by atoms with E-state index in [1.165, 1.54) is 100 Å². The van der Waals surface area contributed by atoms with E-state index in [-0.39, 0.29) is 50.2 Å². The van der Waals surface area contributed by atoms with Crippen molar-refractivity contribution in [3.63, 3.8) is 0 Å². The zero-order chi connectivity index (χ0) is 57.3. The predicted octanol–water partition coefficient (Wildman–Crippen LogP) is 20.3. The van der Waals surface area contributed by atoms with Gasteiger partial charge < -0.3 is 18.5 Å². The van der Waals surface area contributed by atoms with Crippen LogP contribution in [0.3, 0.4) is 0 Å².